The molecule has 4 aliphatic carbocycles. The van der Waals surface area contributed by atoms with E-state index in [0.717, 1.165) is 30.6 Å². The van der Waals surface area contributed by atoms with Crippen molar-refractivity contribution in [3.63, 3.8) is 0 Å². The molecule has 0 aromatic carbocycles. The number of carbonyl (C=O) groups is 1. The van der Waals surface area contributed by atoms with E-state index in [1.54, 1.807) is 5.57 Å². The molecule has 0 bridgehead atoms. The van der Waals surface area contributed by atoms with Gasteiger partial charge in [0.2, 0.25) is 0 Å². The van der Waals surface area contributed by atoms with Crippen LogP contribution >= 0.6 is 0 Å². The minimum Gasteiger partial charge on any atom is -0.363 e. The summed E-state index contributed by atoms with van der Waals surface area (Å²) in [5.74, 6) is 3.77. The van der Waals surface area contributed by atoms with Crippen LogP contribution < -0.4 is 0 Å². The van der Waals surface area contributed by atoms with Gasteiger partial charge in [-0.1, -0.05) is 25.5 Å². The van der Waals surface area contributed by atoms with Crippen LogP contribution in [0.3, 0.4) is 0 Å². The summed E-state index contributed by atoms with van der Waals surface area (Å²) in [7, 11) is 0. The van der Waals surface area contributed by atoms with Gasteiger partial charge >= 0.3 is 0 Å². The number of hydrogen-bond acceptors (Lipinski definition) is 2. The van der Waals surface area contributed by atoms with Crippen LogP contribution in [0.5, 0.6) is 0 Å². The molecule has 0 radical (unpaired) electrons. The number of fused-ring (bicyclic) bond motifs is 6. The number of ketones is 1. The van der Waals surface area contributed by atoms with Crippen molar-refractivity contribution >= 4 is 5.78 Å². The molecule has 0 unspecified atom stereocenters. The van der Waals surface area contributed by atoms with E-state index < -0.39 is 5.60 Å². The fourth-order valence-electron chi connectivity index (χ4n) is 7.94. The molecule has 5 rings (SSSR count). The van der Waals surface area contributed by atoms with Gasteiger partial charge in [-0.3, -0.25) is 4.79 Å². The van der Waals surface area contributed by atoms with Gasteiger partial charge in [0.15, 0.2) is 5.78 Å². The van der Waals surface area contributed by atoms with Gasteiger partial charge in [0.05, 0.1) is 6.10 Å². The molecule has 1 aliphatic heterocycles. The summed E-state index contributed by atoms with van der Waals surface area (Å²) in [6.07, 6.45) is 16.0. The van der Waals surface area contributed by atoms with E-state index in [0.29, 0.717) is 18.1 Å². The van der Waals surface area contributed by atoms with Crippen molar-refractivity contribution in [1.29, 1.82) is 0 Å². The minimum atomic E-state index is -0.425. The molecule has 4 fully saturated rings. The van der Waals surface area contributed by atoms with Crippen molar-refractivity contribution in [3.8, 4) is 0 Å². The Balaban J connectivity index is 1.46. The topological polar surface area (TPSA) is 26.3 Å². The standard InChI is InChI=1S/C23H34O2/c1-3-16-14-21(24)23(25-16)13-11-20-19-9-8-15-6-4-5-7-17(15)18(19)10-12-22(20,23)2/h6,16-20H,3-5,7-14H2,1-2H3/t16-,17-,18+,19+,20-,22-,23+/m0/s1. The fourth-order valence-corrected chi connectivity index (χ4v) is 7.94. The highest BCUT2D eigenvalue weighted by Crippen LogP contribution is 2.67. The summed E-state index contributed by atoms with van der Waals surface area (Å²) >= 11 is 0. The maximum absolute atomic E-state index is 13.1. The van der Waals surface area contributed by atoms with Crippen molar-refractivity contribution in [1.82, 2.24) is 0 Å². The van der Waals surface area contributed by atoms with Crippen LogP contribution in [0, 0.1) is 29.1 Å². The Bertz CT molecular complexity index is 607. The smallest absolute Gasteiger partial charge is 0.167 e. The predicted molar refractivity (Wildman–Crippen MR) is 99.2 cm³/mol. The monoisotopic (exact) mass is 342 g/mol. The van der Waals surface area contributed by atoms with Gasteiger partial charge in [-0.05, 0) is 87.9 Å². The first-order valence-electron chi connectivity index (χ1n) is 11.0. The van der Waals surface area contributed by atoms with Crippen LogP contribution in [0.25, 0.3) is 0 Å². The summed E-state index contributed by atoms with van der Waals surface area (Å²) < 4.78 is 6.57. The number of ether oxygens (including phenoxy) is 1. The van der Waals surface area contributed by atoms with E-state index in [-0.39, 0.29) is 11.5 Å². The molecule has 5 aliphatic rings. The van der Waals surface area contributed by atoms with Crippen molar-refractivity contribution in [3.05, 3.63) is 11.6 Å². The first-order chi connectivity index (χ1) is 12.1. The summed E-state index contributed by atoms with van der Waals surface area (Å²) in [4.78, 5) is 13.1. The Hall–Kier alpha value is -0.630. The van der Waals surface area contributed by atoms with Gasteiger partial charge in [-0.2, -0.15) is 0 Å². The lowest BCUT2D eigenvalue weighted by Crippen LogP contribution is -2.55. The Labute approximate surface area is 152 Å². The van der Waals surface area contributed by atoms with Crippen LogP contribution in [0.4, 0.5) is 0 Å². The number of hydrogen-bond donors (Lipinski definition) is 0. The van der Waals surface area contributed by atoms with Gasteiger partial charge < -0.3 is 4.74 Å². The molecule has 2 nitrogen and oxygen atoms in total. The molecular formula is C23H34O2. The number of rotatable bonds is 1. The molecule has 1 heterocycles. The first kappa shape index (κ1) is 16.5. The largest absolute Gasteiger partial charge is 0.363 e. The van der Waals surface area contributed by atoms with Crippen LogP contribution in [-0.4, -0.2) is 17.5 Å². The van der Waals surface area contributed by atoms with Gasteiger partial charge in [0.25, 0.3) is 0 Å². The molecule has 0 aromatic heterocycles. The first-order valence-corrected chi connectivity index (χ1v) is 11.0. The second-order valence-corrected chi connectivity index (χ2v) is 9.89. The van der Waals surface area contributed by atoms with E-state index in [9.17, 15) is 4.79 Å². The molecule has 0 aromatic rings. The number of allylic oxidation sites excluding steroid dienone is 2. The molecule has 25 heavy (non-hydrogen) atoms. The lowest BCUT2D eigenvalue weighted by molar-refractivity contribution is -0.164. The molecule has 0 N–H and O–H groups in total. The average Bonchev–Trinajstić information content (AvgIpc) is 3.13. The molecule has 2 heteroatoms. The molecule has 1 saturated heterocycles. The van der Waals surface area contributed by atoms with Gasteiger partial charge in [-0.15, -0.1) is 0 Å². The van der Waals surface area contributed by atoms with E-state index in [4.69, 9.17) is 4.74 Å². The molecule has 0 amide bonds. The summed E-state index contributed by atoms with van der Waals surface area (Å²) in [5, 5.41) is 0. The Morgan fingerprint density at radius 2 is 2.04 bits per heavy atom. The SMILES string of the molecule is CC[C@H]1CC(=O)[C@@]2(CC[C@H]3[C@@H]4CCC5=CCCC[C@@H]5[C@H]4CC[C@@]32C)O1. The molecular weight excluding hydrogens is 308 g/mol. The van der Waals surface area contributed by atoms with Crippen LogP contribution in [-0.2, 0) is 9.53 Å². The third-order valence-corrected chi connectivity index (χ3v) is 9.18. The molecule has 3 saturated carbocycles. The minimum absolute atomic E-state index is 0.102. The normalized spacial score (nSPS) is 51.8. The highest BCUT2D eigenvalue weighted by Gasteiger charge is 2.68. The third-order valence-electron chi connectivity index (χ3n) is 9.18. The quantitative estimate of drug-likeness (QED) is 0.592. The highest BCUT2D eigenvalue weighted by atomic mass is 16.5. The van der Waals surface area contributed by atoms with Gasteiger partial charge in [0, 0.05) is 11.8 Å². The molecule has 138 valence electrons. The molecule has 1 spiro atoms. The highest BCUT2D eigenvalue weighted by molar-refractivity contribution is 5.91. The molecule has 7 atom stereocenters. The predicted octanol–water partition coefficient (Wildman–Crippen LogP) is 5.46. The fraction of sp³-hybridized carbons (Fsp3) is 0.870. The zero-order valence-electron chi connectivity index (χ0n) is 16.1. The Morgan fingerprint density at radius 1 is 1.16 bits per heavy atom. The Morgan fingerprint density at radius 3 is 2.84 bits per heavy atom. The summed E-state index contributed by atoms with van der Waals surface area (Å²) in [6, 6.07) is 0. The van der Waals surface area contributed by atoms with Crippen LogP contribution in [0.2, 0.25) is 0 Å². The maximum Gasteiger partial charge on any atom is 0.167 e. The summed E-state index contributed by atoms with van der Waals surface area (Å²) in [5.41, 5.74) is 1.47. The lowest BCUT2D eigenvalue weighted by atomic mass is 9.50. The van der Waals surface area contributed by atoms with Gasteiger partial charge in [-0.25, -0.2) is 0 Å². The van der Waals surface area contributed by atoms with Crippen molar-refractivity contribution < 1.29 is 9.53 Å². The van der Waals surface area contributed by atoms with E-state index in [1.165, 1.54) is 51.4 Å². The lowest BCUT2D eigenvalue weighted by Gasteiger charge is -2.55. The van der Waals surface area contributed by atoms with E-state index in [2.05, 4.69) is 19.9 Å². The zero-order chi connectivity index (χ0) is 17.2. The number of carbonyl (C=O) groups excluding carboxylic acids is 1. The van der Waals surface area contributed by atoms with E-state index >= 15 is 0 Å². The number of Topliss-reactive ketones (excluding diaryl/α,β-unsaturated/α-hetero) is 1. The second-order valence-electron chi connectivity index (χ2n) is 9.89. The third kappa shape index (κ3) is 2.10. The maximum atomic E-state index is 13.1. The second kappa shape index (κ2) is 5.68. The van der Waals surface area contributed by atoms with Gasteiger partial charge in [0.1, 0.15) is 5.60 Å². The Kier molecular flexibility index (Phi) is 3.76. The van der Waals surface area contributed by atoms with E-state index in [1.807, 2.05) is 0 Å². The van der Waals surface area contributed by atoms with Crippen molar-refractivity contribution in [2.24, 2.45) is 29.1 Å². The zero-order valence-corrected chi connectivity index (χ0v) is 16.1. The summed E-state index contributed by atoms with van der Waals surface area (Å²) in [6.45, 7) is 4.60. The van der Waals surface area contributed by atoms with Crippen molar-refractivity contribution in [2.45, 2.75) is 96.2 Å². The van der Waals surface area contributed by atoms with Crippen LogP contribution in [0.15, 0.2) is 11.6 Å². The van der Waals surface area contributed by atoms with Crippen LogP contribution in [0.1, 0.15) is 84.5 Å². The van der Waals surface area contributed by atoms with Crippen molar-refractivity contribution in [2.75, 3.05) is 0 Å². The average molecular weight is 343 g/mol.